The maximum Gasteiger partial charge on any atom is 0.248 e. The van der Waals surface area contributed by atoms with Crippen LogP contribution < -0.4 is 26.4 Å². The van der Waals surface area contributed by atoms with Crippen molar-refractivity contribution in [3.05, 3.63) is 70.5 Å². The highest BCUT2D eigenvalue weighted by molar-refractivity contribution is 8.02. The fraction of sp³-hybridized carbons (Fsp3) is 0.355. The van der Waals surface area contributed by atoms with Gasteiger partial charge in [0.05, 0.1) is 30.1 Å². The number of methoxy groups -OCH3 is 1. The van der Waals surface area contributed by atoms with E-state index in [4.69, 9.17) is 10.5 Å². The Balaban J connectivity index is 1.17. The number of carbonyl (C=O) groups excluding carboxylic acids is 4. The second kappa shape index (κ2) is 12.2. The fourth-order valence-electron chi connectivity index (χ4n) is 5.96. The van der Waals surface area contributed by atoms with Crippen LogP contribution in [-0.4, -0.2) is 78.1 Å². The van der Waals surface area contributed by atoms with Gasteiger partial charge in [-0.1, -0.05) is 24.3 Å². The van der Waals surface area contributed by atoms with Crippen molar-refractivity contribution in [2.75, 3.05) is 24.7 Å². The Morgan fingerprint density at radius 1 is 1.22 bits per heavy atom. The van der Waals surface area contributed by atoms with Crippen molar-refractivity contribution in [3.63, 3.8) is 0 Å². The largest absolute Gasteiger partial charge is 0.494 e. The number of primary amides is 1. The van der Waals surface area contributed by atoms with Crippen LogP contribution in [0.5, 0.6) is 5.75 Å². The molecule has 6 rings (SSSR count). The number of anilines is 1. The zero-order chi connectivity index (χ0) is 32.7. The first kappa shape index (κ1) is 31.3. The molecule has 1 unspecified atom stereocenters. The van der Waals surface area contributed by atoms with Gasteiger partial charge in [0.1, 0.15) is 11.3 Å². The Labute approximate surface area is 268 Å². The summed E-state index contributed by atoms with van der Waals surface area (Å²) in [5, 5.41) is 24.5. The number of thioether (sulfide) groups is 1. The van der Waals surface area contributed by atoms with E-state index in [0.717, 1.165) is 17.5 Å². The number of nitrogens with zero attached hydrogens (tertiary/aromatic N) is 4. The van der Waals surface area contributed by atoms with E-state index in [1.807, 2.05) is 13.8 Å². The number of Topliss-reactive ketones (excluding diaryl/α,β-unsaturated/α-hetero) is 2. The average Bonchev–Trinajstić information content (AvgIpc) is 3.80. The number of rotatable bonds is 11. The highest BCUT2D eigenvalue weighted by Gasteiger charge is 2.58. The smallest absolute Gasteiger partial charge is 0.248 e. The van der Waals surface area contributed by atoms with Crippen molar-refractivity contribution in [2.24, 2.45) is 5.73 Å². The van der Waals surface area contributed by atoms with E-state index in [1.165, 1.54) is 13.2 Å². The van der Waals surface area contributed by atoms with E-state index in [9.17, 15) is 24.3 Å². The molecule has 15 heteroatoms. The Morgan fingerprint density at radius 3 is 2.59 bits per heavy atom. The van der Waals surface area contributed by atoms with Gasteiger partial charge in [-0.15, -0.1) is 11.8 Å². The summed E-state index contributed by atoms with van der Waals surface area (Å²) < 4.78 is 9.08. The van der Waals surface area contributed by atoms with Crippen LogP contribution >= 0.6 is 11.8 Å². The van der Waals surface area contributed by atoms with Crippen molar-refractivity contribution < 1.29 is 29.0 Å². The molecule has 2 aromatic heterocycles. The first-order valence-corrected chi connectivity index (χ1v) is 15.8. The molecule has 14 nitrogen and oxygen atoms in total. The zero-order valence-corrected chi connectivity index (χ0v) is 26.3. The number of ketones is 2. The quantitative estimate of drug-likeness (QED) is 0.0905. The van der Waals surface area contributed by atoms with E-state index in [2.05, 4.69) is 26.0 Å². The summed E-state index contributed by atoms with van der Waals surface area (Å²) in [6.45, 7) is 4.92. The predicted molar refractivity (Wildman–Crippen MR) is 171 cm³/mol. The summed E-state index contributed by atoms with van der Waals surface area (Å²) in [5.41, 5.74) is 8.79. The number of aliphatic hydroxyl groups excluding tert-OH is 1. The summed E-state index contributed by atoms with van der Waals surface area (Å²) in [7, 11) is 1.47. The van der Waals surface area contributed by atoms with Crippen LogP contribution in [0.15, 0.2) is 42.5 Å². The van der Waals surface area contributed by atoms with Crippen LogP contribution in [0.3, 0.4) is 0 Å². The lowest BCUT2D eigenvalue weighted by Crippen LogP contribution is -2.54. The summed E-state index contributed by atoms with van der Waals surface area (Å²) in [6, 6.07) is 10.8. The van der Waals surface area contributed by atoms with Crippen molar-refractivity contribution in [1.29, 1.82) is 0 Å². The minimum atomic E-state index is -1.48. The third-order valence-electron chi connectivity index (χ3n) is 8.16. The van der Waals surface area contributed by atoms with Crippen LogP contribution in [0.4, 0.5) is 5.95 Å². The number of aryl methyl sites for hydroxylation is 3. The van der Waals surface area contributed by atoms with Gasteiger partial charge < -0.3 is 30.8 Å². The summed E-state index contributed by atoms with van der Waals surface area (Å²) in [6.07, 6.45) is -0.702. The topological polar surface area (TPSA) is 195 Å². The summed E-state index contributed by atoms with van der Waals surface area (Å²) in [5.74, 6) is -0.672. The van der Waals surface area contributed by atoms with Gasteiger partial charge in [0.15, 0.2) is 11.1 Å². The van der Waals surface area contributed by atoms with E-state index in [-0.39, 0.29) is 35.3 Å². The molecular formula is C31H34N8O6S. The predicted octanol–water partition coefficient (Wildman–Crippen LogP) is 1.76. The van der Waals surface area contributed by atoms with Gasteiger partial charge in [0, 0.05) is 42.1 Å². The molecule has 4 aromatic rings. The van der Waals surface area contributed by atoms with Gasteiger partial charge in [-0.25, -0.2) is 4.98 Å². The van der Waals surface area contributed by atoms with Crippen LogP contribution in [-0.2, 0) is 17.9 Å². The van der Waals surface area contributed by atoms with E-state index >= 15 is 0 Å². The Hall–Kier alpha value is -4.73. The first-order chi connectivity index (χ1) is 22.1. The summed E-state index contributed by atoms with van der Waals surface area (Å²) in [4.78, 5) is 54.6. The number of aromatic nitrogens is 4. The van der Waals surface area contributed by atoms with Crippen LogP contribution in [0.25, 0.3) is 11.0 Å². The average molecular weight is 647 g/mol. The molecule has 2 aromatic carbocycles. The maximum absolute atomic E-state index is 13.1. The molecule has 240 valence electrons. The normalized spacial score (nSPS) is 17.4. The van der Waals surface area contributed by atoms with Gasteiger partial charge in [-0.2, -0.15) is 5.10 Å². The Bertz CT molecular complexity index is 1850. The van der Waals surface area contributed by atoms with Gasteiger partial charge in [0.25, 0.3) is 0 Å². The number of amides is 2. The minimum absolute atomic E-state index is 0.218. The molecule has 46 heavy (non-hydrogen) atoms. The van der Waals surface area contributed by atoms with Gasteiger partial charge in [0.2, 0.25) is 29.3 Å². The molecule has 0 bridgehead atoms. The van der Waals surface area contributed by atoms with Gasteiger partial charge in [-0.3, -0.25) is 29.2 Å². The Kier molecular flexibility index (Phi) is 8.31. The number of nitrogens with two attached hydrogens (primary N) is 1. The van der Waals surface area contributed by atoms with Crippen LogP contribution in [0.1, 0.15) is 62.0 Å². The SMILES string of the molecule is CCn1nc(C)cc1C(O)Nc1nc2cc(C(N)=O)cc(OC)c2n1CCCNC(=O)[C@@H]1CSC2(N1)C(=O)c1ccccc1C2=O. The molecule has 3 heterocycles. The molecule has 2 aliphatic rings. The summed E-state index contributed by atoms with van der Waals surface area (Å²) >= 11 is 1.15. The third kappa shape index (κ3) is 5.29. The molecule has 1 aliphatic heterocycles. The molecule has 1 spiro atoms. The number of nitrogens with one attached hydrogen (secondary N) is 3. The molecule has 0 radical (unpaired) electrons. The van der Waals surface area contributed by atoms with Crippen molar-refractivity contribution in [1.82, 2.24) is 30.0 Å². The molecule has 6 N–H and O–H groups in total. The number of hydrogen-bond donors (Lipinski definition) is 5. The Morgan fingerprint density at radius 2 is 1.93 bits per heavy atom. The minimum Gasteiger partial charge on any atom is -0.494 e. The molecule has 0 saturated carbocycles. The lowest BCUT2D eigenvalue weighted by Gasteiger charge is -2.20. The van der Waals surface area contributed by atoms with E-state index in [0.29, 0.717) is 59.1 Å². The van der Waals surface area contributed by atoms with Gasteiger partial charge in [-0.05, 0) is 38.5 Å². The number of ether oxygens (including phenoxy) is 1. The second-order valence-corrected chi connectivity index (χ2v) is 12.3. The number of carbonyl (C=O) groups is 4. The fourth-order valence-corrected chi connectivity index (χ4v) is 7.32. The second-order valence-electron chi connectivity index (χ2n) is 11.1. The van der Waals surface area contributed by atoms with Crippen molar-refractivity contribution >= 4 is 52.1 Å². The highest BCUT2D eigenvalue weighted by atomic mass is 32.2. The number of aliphatic hydroxyl groups is 1. The van der Waals surface area contributed by atoms with Crippen LogP contribution in [0, 0.1) is 6.92 Å². The van der Waals surface area contributed by atoms with E-state index in [1.54, 1.807) is 45.6 Å². The number of imidazole rings is 1. The molecule has 1 fully saturated rings. The number of fused-ring (bicyclic) bond motifs is 2. The molecule has 2 atom stereocenters. The monoisotopic (exact) mass is 646 g/mol. The molecule has 1 saturated heterocycles. The third-order valence-corrected chi connectivity index (χ3v) is 9.59. The molecular weight excluding hydrogens is 612 g/mol. The molecule has 1 aliphatic carbocycles. The van der Waals surface area contributed by atoms with Crippen LogP contribution in [0.2, 0.25) is 0 Å². The lowest BCUT2D eigenvalue weighted by molar-refractivity contribution is -0.122. The number of benzene rings is 2. The zero-order valence-electron chi connectivity index (χ0n) is 25.5. The van der Waals surface area contributed by atoms with Gasteiger partial charge >= 0.3 is 0 Å². The highest BCUT2D eigenvalue weighted by Crippen LogP contribution is 2.42. The van der Waals surface area contributed by atoms with Crippen molar-refractivity contribution in [2.45, 2.75) is 50.5 Å². The number of hydrogen-bond acceptors (Lipinski definition) is 11. The van der Waals surface area contributed by atoms with E-state index < -0.39 is 23.0 Å². The standard InChI is InChI=1S/C31H34N8O6S/c1-4-39-22(12-16(2)37-39)29(44)35-30-34-20-13-17(27(32)42)14-23(45-3)24(20)38(30)11-7-10-33-28(43)21-15-46-31(36-21)25(40)18-8-5-6-9-19(18)26(31)41/h5-6,8-9,12-14,21,29,36,44H,4,7,10-11,15H2,1-3H3,(H2,32,42)(H,33,43)(H,34,35)/t21-,29?/m0/s1. The molecule has 2 amide bonds. The van der Waals surface area contributed by atoms with Crippen molar-refractivity contribution in [3.8, 4) is 5.75 Å². The first-order valence-electron chi connectivity index (χ1n) is 14.8. The lowest BCUT2D eigenvalue weighted by atomic mass is 10.1. The maximum atomic E-state index is 13.1.